The van der Waals surface area contributed by atoms with Gasteiger partial charge in [0.25, 0.3) is 11.7 Å². The van der Waals surface area contributed by atoms with Crippen LogP contribution in [0.15, 0.2) is 47.1 Å². The van der Waals surface area contributed by atoms with Gasteiger partial charge < -0.3 is 19.5 Å². The Balaban J connectivity index is 0.000000392. The van der Waals surface area contributed by atoms with Crippen LogP contribution < -0.4 is 14.6 Å². The molecule has 0 saturated carbocycles. The van der Waals surface area contributed by atoms with Crippen molar-refractivity contribution < 1.29 is 69.2 Å². The van der Waals surface area contributed by atoms with Gasteiger partial charge in [-0.05, 0) is 49.9 Å². The van der Waals surface area contributed by atoms with Crippen molar-refractivity contribution in [3.05, 3.63) is 54.0 Å². The minimum atomic E-state index is -5.08. The smallest absolute Gasteiger partial charge is 0.475 e. The number of benzene rings is 1. The molecular formula is C27H27F8N8O6+. The van der Waals surface area contributed by atoms with Gasteiger partial charge in [-0.25, -0.2) is 24.2 Å². The molecule has 1 aromatic carbocycles. The lowest BCUT2D eigenvalue weighted by Gasteiger charge is -2.27. The summed E-state index contributed by atoms with van der Waals surface area (Å²) < 4.78 is 99.7. The van der Waals surface area contributed by atoms with Crippen LogP contribution in [-0.2, 0) is 16.1 Å². The molecule has 0 unspecified atom stereocenters. The molecule has 1 aliphatic heterocycles. The van der Waals surface area contributed by atoms with Crippen molar-refractivity contribution in [3.63, 3.8) is 0 Å². The number of carboxylic acid groups (broad SMARTS) is 2. The molecular weight excluding hydrogens is 684 g/mol. The molecule has 22 heteroatoms. The number of aliphatic carboxylic acids is 2. The Morgan fingerprint density at radius 1 is 0.939 bits per heavy atom. The molecule has 14 nitrogen and oxygen atoms in total. The molecule has 1 aliphatic rings. The van der Waals surface area contributed by atoms with Gasteiger partial charge in [0.15, 0.2) is 0 Å². The number of hydrogen-bond donors (Lipinski definition) is 2. The predicted octanol–water partition coefficient (Wildman–Crippen LogP) is 3.79. The number of pyridine rings is 1. The summed E-state index contributed by atoms with van der Waals surface area (Å²) in [6.45, 7) is 3.54. The number of ether oxygens (including phenoxy) is 1. The number of nitrogens with one attached hydrogen (secondary N) is 1. The molecule has 1 saturated heterocycles. The lowest BCUT2D eigenvalue weighted by atomic mass is 10.2. The standard InChI is InChI=1S/C23H24F2N8O2.2C2HF3O2/c1-15-27-21(22-28-20(30-35-22)17-3-5-18(6-4-17)34-23(24)25)29-33(15)14-16-7-8-26-19(13-16)32-11-9-31(2)10-12-32;2*3-2(4,5)1(6)7/h3-8,13,23H,9-12,14H2,1-2H3;2*(H,6,7)/p+1. The van der Waals surface area contributed by atoms with Crippen molar-refractivity contribution in [1.82, 2.24) is 29.8 Å². The molecule has 49 heavy (non-hydrogen) atoms. The maximum absolute atomic E-state index is 12.3. The fourth-order valence-corrected chi connectivity index (χ4v) is 3.88. The zero-order valence-electron chi connectivity index (χ0n) is 25.3. The number of hydrogen-bond acceptors (Lipinski definition) is 10. The summed E-state index contributed by atoms with van der Waals surface area (Å²) in [5.41, 5.74) is 1.68. The summed E-state index contributed by atoms with van der Waals surface area (Å²) in [6.07, 6.45) is -8.22. The highest BCUT2D eigenvalue weighted by molar-refractivity contribution is 5.73. The van der Waals surface area contributed by atoms with Crippen LogP contribution in [-0.4, -0.2) is 104 Å². The lowest BCUT2D eigenvalue weighted by molar-refractivity contribution is -0.364. The first kappa shape index (κ1) is 38.0. The summed E-state index contributed by atoms with van der Waals surface area (Å²) >= 11 is 0. The number of carbonyl (C=O) groups is 2. The van der Waals surface area contributed by atoms with Crippen LogP contribution in [0.3, 0.4) is 0 Å². The number of carboxylic acids is 2. The topological polar surface area (TPSA) is 174 Å². The molecule has 0 radical (unpaired) electrons. The Morgan fingerprint density at radius 3 is 2.04 bits per heavy atom. The molecule has 4 heterocycles. The number of likely N-dealkylation sites (N-methyl/N-ethyl adjacent to an activating group) is 1. The monoisotopic (exact) mass is 711 g/mol. The van der Waals surface area contributed by atoms with E-state index in [0.29, 0.717) is 29.6 Å². The number of piperazine rings is 1. The van der Waals surface area contributed by atoms with E-state index in [2.05, 4.69) is 52.9 Å². The Labute approximate surface area is 270 Å². The zero-order chi connectivity index (χ0) is 36.5. The van der Waals surface area contributed by atoms with Crippen molar-refractivity contribution in [2.45, 2.75) is 32.4 Å². The highest BCUT2D eigenvalue weighted by Gasteiger charge is 2.39. The van der Waals surface area contributed by atoms with Crippen molar-refractivity contribution in [2.75, 3.05) is 38.1 Å². The largest absolute Gasteiger partial charge is 0.490 e. The first-order chi connectivity index (χ1) is 22.8. The van der Waals surface area contributed by atoms with Gasteiger partial charge in [-0.1, -0.05) is 5.16 Å². The second-order valence-electron chi connectivity index (χ2n) is 9.94. The number of aromatic amines is 1. The van der Waals surface area contributed by atoms with Gasteiger partial charge in [-0.15, -0.1) is 5.10 Å². The van der Waals surface area contributed by atoms with E-state index in [0.717, 1.165) is 37.6 Å². The maximum atomic E-state index is 12.3. The summed E-state index contributed by atoms with van der Waals surface area (Å²) in [6, 6.07) is 10.2. The van der Waals surface area contributed by atoms with Crippen molar-refractivity contribution in [1.29, 1.82) is 0 Å². The zero-order valence-corrected chi connectivity index (χ0v) is 25.3. The fourth-order valence-electron chi connectivity index (χ4n) is 3.88. The molecule has 0 aliphatic carbocycles. The SMILES string of the molecule is Cc1nc(-c2nc(-c3ccc(OC(F)F)cc3)no2)nn1Cc1cc[nH+]c(N2CCN(C)CC2)c1.O=C(O)C(F)(F)F.O=C(O)C(F)(F)F. The lowest BCUT2D eigenvalue weighted by Crippen LogP contribution is -2.46. The minimum absolute atomic E-state index is 0.0535. The van der Waals surface area contributed by atoms with E-state index in [4.69, 9.17) is 24.3 Å². The van der Waals surface area contributed by atoms with E-state index in [1.54, 1.807) is 16.8 Å². The molecule has 266 valence electrons. The first-order valence-corrected chi connectivity index (χ1v) is 13.7. The third-order valence-corrected chi connectivity index (χ3v) is 6.32. The van der Waals surface area contributed by atoms with E-state index in [9.17, 15) is 35.1 Å². The average Bonchev–Trinajstić information content (AvgIpc) is 3.65. The van der Waals surface area contributed by atoms with E-state index < -0.39 is 30.9 Å². The number of H-pyrrole nitrogens is 1. The van der Waals surface area contributed by atoms with Crippen LogP contribution >= 0.6 is 0 Å². The number of aromatic nitrogens is 6. The predicted molar refractivity (Wildman–Crippen MR) is 149 cm³/mol. The Kier molecular flexibility index (Phi) is 12.5. The van der Waals surface area contributed by atoms with E-state index in [1.807, 2.05) is 19.2 Å². The number of aryl methyl sites for hydroxylation is 1. The van der Waals surface area contributed by atoms with Crippen LogP contribution in [0.5, 0.6) is 5.75 Å². The van der Waals surface area contributed by atoms with Crippen molar-refractivity contribution in [2.24, 2.45) is 0 Å². The Morgan fingerprint density at radius 2 is 1.51 bits per heavy atom. The highest BCUT2D eigenvalue weighted by atomic mass is 19.4. The molecule has 5 rings (SSSR count). The van der Waals surface area contributed by atoms with Crippen molar-refractivity contribution in [3.8, 4) is 28.9 Å². The average molecular weight is 712 g/mol. The Bertz CT molecular complexity index is 1660. The molecule has 0 amide bonds. The van der Waals surface area contributed by atoms with Gasteiger partial charge in [0.05, 0.1) is 25.8 Å². The Hall–Kier alpha value is -5.41. The molecule has 1 fully saturated rings. The second kappa shape index (κ2) is 16.1. The number of nitrogens with zero attached hydrogens (tertiary/aromatic N) is 7. The molecule has 3 N–H and O–H groups in total. The second-order valence-corrected chi connectivity index (χ2v) is 9.94. The van der Waals surface area contributed by atoms with Gasteiger partial charge in [-0.3, -0.25) is 9.80 Å². The minimum Gasteiger partial charge on any atom is -0.475 e. The van der Waals surface area contributed by atoms with Gasteiger partial charge >= 0.3 is 30.9 Å². The maximum Gasteiger partial charge on any atom is 0.490 e. The molecule has 0 atom stereocenters. The molecule has 4 aromatic rings. The fraction of sp³-hybridized carbons (Fsp3) is 0.370. The van der Waals surface area contributed by atoms with Crippen LogP contribution in [0.4, 0.5) is 40.9 Å². The van der Waals surface area contributed by atoms with Crippen molar-refractivity contribution >= 4 is 17.8 Å². The third-order valence-electron chi connectivity index (χ3n) is 6.32. The van der Waals surface area contributed by atoms with Gasteiger partial charge in [0.1, 0.15) is 11.6 Å². The first-order valence-electron chi connectivity index (χ1n) is 13.7. The van der Waals surface area contributed by atoms with Crippen LogP contribution in [0.25, 0.3) is 23.1 Å². The quantitative estimate of drug-likeness (QED) is 0.266. The van der Waals surface area contributed by atoms with Gasteiger partial charge in [0, 0.05) is 24.7 Å². The third kappa shape index (κ3) is 11.7. The highest BCUT2D eigenvalue weighted by Crippen LogP contribution is 2.24. The van der Waals surface area contributed by atoms with E-state index >= 15 is 0 Å². The molecule has 0 bridgehead atoms. The van der Waals surface area contributed by atoms with Crippen LogP contribution in [0.2, 0.25) is 0 Å². The molecule has 0 spiro atoms. The summed E-state index contributed by atoms with van der Waals surface area (Å²) in [5.74, 6) is -2.87. The van der Waals surface area contributed by atoms with E-state index in [1.165, 1.54) is 12.1 Å². The normalized spacial score (nSPS) is 13.7. The number of halogens is 8. The van der Waals surface area contributed by atoms with Gasteiger partial charge in [-0.2, -0.15) is 40.1 Å². The summed E-state index contributed by atoms with van der Waals surface area (Å²) in [4.78, 5) is 34.6. The van der Waals surface area contributed by atoms with E-state index in [-0.39, 0.29) is 11.6 Å². The summed E-state index contributed by atoms with van der Waals surface area (Å²) in [7, 11) is 2.14. The number of alkyl halides is 8. The van der Waals surface area contributed by atoms with Crippen LogP contribution in [0, 0.1) is 6.92 Å². The van der Waals surface area contributed by atoms with Crippen LogP contribution in [0.1, 0.15) is 11.4 Å². The number of rotatable bonds is 7. The van der Waals surface area contributed by atoms with Gasteiger partial charge in [0.2, 0.25) is 11.6 Å². The molecule has 3 aromatic heterocycles. The number of anilines is 1. The summed E-state index contributed by atoms with van der Waals surface area (Å²) in [5, 5.41) is 22.8.